The molecule has 0 bridgehead atoms. The van der Waals surface area contributed by atoms with Crippen LogP contribution in [0.3, 0.4) is 0 Å². The largest absolute Gasteiger partial charge is 0.490 e. The van der Waals surface area contributed by atoms with Gasteiger partial charge in [0.05, 0.1) is 13.2 Å². The van der Waals surface area contributed by atoms with Gasteiger partial charge in [-0.1, -0.05) is 0 Å². The molecule has 4 nitrogen and oxygen atoms in total. The predicted octanol–water partition coefficient (Wildman–Crippen LogP) is 2.28. The summed E-state index contributed by atoms with van der Waals surface area (Å²) in [6.45, 7) is 6.80. The number of hydrogen-bond acceptors (Lipinski definition) is 4. The van der Waals surface area contributed by atoms with E-state index in [-0.39, 0.29) is 5.54 Å². The highest BCUT2D eigenvalue weighted by Crippen LogP contribution is 2.34. The lowest BCUT2D eigenvalue weighted by atomic mass is 10.0. The van der Waals surface area contributed by atoms with Crippen LogP contribution in [0.1, 0.15) is 20.3 Å². The molecule has 0 aromatic heterocycles. The molecule has 1 aliphatic rings. The summed E-state index contributed by atoms with van der Waals surface area (Å²) in [6.07, 6.45) is 0.936. The number of rotatable bonds is 4. The fourth-order valence-electron chi connectivity index (χ4n) is 2.26. The third kappa shape index (κ3) is 3.13. The van der Waals surface area contributed by atoms with Crippen LogP contribution < -0.4 is 19.7 Å². The smallest absolute Gasteiger partial charge is 0.163 e. The average molecular weight is 264 g/mol. The molecule has 0 unspecified atom stereocenters. The molecule has 106 valence electrons. The summed E-state index contributed by atoms with van der Waals surface area (Å²) in [4.78, 5) is 2.26. The molecule has 0 saturated carbocycles. The lowest BCUT2D eigenvalue weighted by Gasteiger charge is -2.37. The second-order valence-electron chi connectivity index (χ2n) is 5.58. The van der Waals surface area contributed by atoms with Gasteiger partial charge >= 0.3 is 0 Å². The van der Waals surface area contributed by atoms with E-state index in [9.17, 15) is 0 Å². The molecule has 0 aliphatic carbocycles. The molecular formula is C15H24N2O2. The zero-order valence-corrected chi connectivity index (χ0v) is 12.3. The third-order valence-corrected chi connectivity index (χ3v) is 3.64. The molecule has 0 radical (unpaired) electrons. The van der Waals surface area contributed by atoms with E-state index in [2.05, 4.69) is 43.2 Å². The van der Waals surface area contributed by atoms with Crippen LogP contribution in [0.5, 0.6) is 11.5 Å². The van der Waals surface area contributed by atoms with Gasteiger partial charge in [0.2, 0.25) is 0 Å². The normalized spacial score (nSPS) is 14.9. The minimum absolute atomic E-state index is 0.0363. The van der Waals surface area contributed by atoms with E-state index in [1.54, 1.807) is 0 Å². The highest BCUT2D eigenvalue weighted by molar-refractivity contribution is 5.57. The maximum atomic E-state index is 5.74. The molecule has 1 heterocycles. The van der Waals surface area contributed by atoms with Crippen molar-refractivity contribution in [1.82, 2.24) is 5.32 Å². The fraction of sp³-hybridized carbons (Fsp3) is 0.600. The Labute approximate surface area is 115 Å². The summed E-state index contributed by atoms with van der Waals surface area (Å²) in [6, 6.07) is 6.16. The van der Waals surface area contributed by atoms with Crippen LogP contribution in [0, 0.1) is 0 Å². The predicted molar refractivity (Wildman–Crippen MR) is 78.5 cm³/mol. The summed E-state index contributed by atoms with van der Waals surface area (Å²) >= 11 is 0. The minimum Gasteiger partial charge on any atom is -0.490 e. The van der Waals surface area contributed by atoms with Gasteiger partial charge in [-0.3, -0.25) is 0 Å². The number of ether oxygens (including phenoxy) is 2. The Hall–Kier alpha value is -1.42. The molecular weight excluding hydrogens is 240 g/mol. The van der Waals surface area contributed by atoms with Crippen molar-refractivity contribution in [1.29, 1.82) is 0 Å². The quantitative estimate of drug-likeness (QED) is 0.904. The molecule has 1 aromatic rings. The van der Waals surface area contributed by atoms with Crippen molar-refractivity contribution in [2.24, 2.45) is 0 Å². The van der Waals surface area contributed by atoms with Crippen LogP contribution in [0.15, 0.2) is 18.2 Å². The van der Waals surface area contributed by atoms with Crippen molar-refractivity contribution < 1.29 is 9.47 Å². The van der Waals surface area contributed by atoms with Crippen molar-refractivity contribution >= 4 is 5.69 Å². The van der Waals surface area contributed by atoms with Gasteiger partial charge in [0.1, 0.15) is 0 Å². The number of hydrogen-bond donors (Lipinski definition) is 1. The standard InChI is InChI=1S/C15H24N2O2/c1-15(2,11-16-3)17(4)12-6-7-13-14(10-12)19-9-5-8-18-13/h6-7,10,16H,5,8-9,11H2,1-4H3. The topological polar surface area (TPSA) is 33.7 Å². The molecule has 0 atom stereocenters. The maximum Gasteiger partial charge on any atom is 0.163 e. The van der Waals surface area contributed by atoms with Gasteiger partial charge in [0.15, 0.2) is 11.5 Å². The molecule has 2 rings (SSSR count). The first-order valence-electron chi connectivity index (χ1n) is 6.83. The molecule has 1 N–H and O–H groups in total. The van der Waals surface area contributed by atoms with Crippen molar-refractivity contribution in [3.05, 3.63) is 18.2 Å². The summed E-state index contributed by atoms with van der Waals surface area (Å²) in [5, 5.41) is 3.23. The number of anilines is 1. The first kappa shape index (κ1) is 14.0. The van der Waals surface area contributed by atoms with E-state index in [0.29, 0.717) is 0 Å². The SMILES string of the molecule is CNCC(C)(C)N(C)c1ccc2c(c1)OCCCO2. The Morgan fingerprint density at radius 3 is 2.58 bits per heavy atom. The van der Waals surface area contributed by atoms with Crippen molar-refractivity contribution in [3.8, 4) is 11.5 Å². The summed E-state index contributed by atoms with van der Waals surface area (Å²) in [7, 11) is 4.08. The molecule has 0 amide bonds. The molecule has 0 spiro atoms. The number of nitrogens with zero attached hydrogens (tertiary/aromatic N) is 1. The van der Waals surface area contributed by atoms with Crippen LogP contribution in [0.2, 0.25) is 0 Å². The first-order chi connectivity index (χ1) is 9.04. The Morgan fingerprint density at radius 1 is 1.21 bits per heavy atom. The van der Waals surface area contributed by atoms with Gasteiger partial charge in [-0.05, 0) is 33.0 Å². The lowest BCUT2D eigenvalue weighted by molar-refractivity contribution is 0.297. The van der Waals surface area contributed by atoms with Crippen molar-refractivity contribution in [3.63, 3.8) is 0 Å². The number of nitrogens with one attached hydrogen (secondary N) is 1. The zero-order valence-electron chi connectivity index (χ0n) is 12.3. The number of fused-ring (bicyclic) bond motifs is 1. The molecule has 4 heteroatoms. The van der Waals surface area contributed by atoms with Gasteiger partial charge in [0.25, 0.3) is 0 Å². The Kier molecular flexibility index (Phi) is 4.20. The van der Waals surface area contributed by atoms with Gasteiger partial charge in [-0.2, -0.15) is 0 Å². The first-order valence-corrected chi connectivity index (χ1v) is 6.83. The van der Waals surface area contributed by atoms with Crippen LogP contribution in [-0.2, 0) is 0 Å². The monoisotopic (exact) mass is 264 g/mol. The fourth-order valence-corrected chi connectivity index (χ4v) is 2.26. The van der Waals surface area contributed by atoms with Crippen LogP contribution in [-0.4, -0.2) is 39.4 Å². The molecule has 1 aliphatic heterocycles. The van der Waals surface area contributed by atoms with E-state index in [4.69, 9.17) is 9.47 Å². The van der Waals surface area contributed by atoms with E-state index in [1.165, 1.54) is 0 Å². The highest BCUT2D eigenvalue weighted by Gasteiger charge is 2.24. The molecule has 1 aromatic carbocycles. The van der Waals surface area contributed by atoms with E-state index >= 15 is 0 Å². The van der Waals surface area contributed by atoms with Gasteiger partial charge in [-0.15, -0.1) is 0 Å². The number of benzene rings is 1. The minimum atomic E-state index is 0.0363. The second kappa shape index (κ2) is 5.70. The van der Waals surface area contributed by atoms with Gasteiger partial charge in [-0.25, -0.2) is 0 Å². The summed E-state index contributed by atoms with van der Waals surface area (Å²) < 4.78 is 11.4. The van der Waals surface area contributed by atoms with E-state index in [0.717, 1.165) is 43.4 Å². The van der Waals surface area contributed by atoms with E-state index in [1.807, 2.05) is 13.1 Å². The Balaban J connectivity index is 2.23. The average Bonchev–Trinajstić information content (AvgIpc) is 2.61. The lowest BCUT2D eigenvalue weighted by Crippen LogP contribution is -2.48. The Morgan fingerprint density at radius 2 is 1.89 bits per heavy atom. The number of likely N-dealkylation sites (N-methyl/N-ethyl adjacent to an activating group) is 2. The molecule has 0 fully saturated rings. The second-order valence-corrected chi connectivity index (χ2v) is 5.58. The molecule has 0 saturated heterocycles. The van der Waals surface area contributed by atoms with Crippen molar-refractivity contribution in [2.45, 2.75) is 25.8 Å². The van der Waals surface area contributed by atoms with Crippen LogP contribution in [0.25, 0.3) is 0 Å². The zero-order chi connectivity index (χ0) is 13.9. The highest BCUT2D eigenvalue weighted by atomic mass is 16.5. The van der Waals surface area contributed by atoms with Crippen molar-refractivity contribution in [2.75, 3.05) is 38.8 Å². The summed E-state index contributed by atoms with van der Waals surface area (Å²) in [5.74, 6) is 1.70. The summed E-state index contributed by atoms with van der Waals surface area (Å²) in [5.41, 5.74) is 1.18. The van der Waals surface area contributed by atoms with Crippen LogP contribution >= 0.6 is 0 Å². The Bertz CT molecular complexity index is 432. The maximum absolute atomic E-state index is 5.74. The van der Waals surface area contributed by atoms with Gasteiger partial charge < -0.3 is 19.7 Å². The van der Waals surface area contributed by atoms with Gasteiger partial charge in [0, 0.05) is 37.3 Å². The molecule has 19 heavy (non-hydrogen) atoms. The van der Waals surface area contributed by atoms with Crippen LogP contribution in [0.4, 0.5) is 5.69 Å². The van der Waals surface area contributed by atoms with E-state index < -0.39 is 0 Å². The third-order valence-electron chi connectivity index (χ3n) is 3.64.